The lowest BCUT2D eigenvalue weighted by Gasteiger charge is -2.14. The zero-order valence-corrected chi connectivity index (χ0v) is 40.7. The van der Waals surface area contributed by atoms with Crippen LogP contribution in [0.1, 0.15) is 93.6 Å². The van der Waals surface area contributed by atoms with Gasteiger partial charge in [0, 0.05) is 75.9 Å². The molecule has 13 nitrogen and oxygen atoms in total. The molecule has 3 aliphatic rings. The van der Waals surface area contributed by atoms with Crippen molar-refractivity contribution in [3.8, 4) is 22.9 Å². The summed E-state index contributed by atoms with van der Waals surface area (Å²) in [5.74, 6) is 0.395. The Bertz CT molecular complexity index is 3180. The highest BCUT2D eigenvalue weighted by atomic mass is 79.9. The highest BCUT2D eigenvalue weighted by Gasteiger charge is 2.29. The number of halogens is 7. The fraction of sp³-hybridized carbons (Fsp3) is 0.327. The number of amides is 3. The number of carbonyl (C=O) groups excluding carboxylic acids is 3. The highest BCUT2D eigenvalue weighted by Crippen LogP contribution is 2.35. The summed E-state index contributed by atoms with van der Waals surface area (Å²) in [6.07, 6.45) is -1.28. The summed E-state index contributed by atoms with van der Waals surface area (Å²) in [5, 5.41) is 14.6. The van der Waals surface area contributed by atoms with Gasteiger partial charge in [0.05, 0.1) is 35.2 Å². The number of nitrogens with one attached hydrogen (secondary N) is 5. The number of carbonyl (C=O) groups is 3. The van der Waals surface area contributed by atoms with Crippen LogP contribution in [0.3, 0.4) is 0 Å². The van der Waals surface area contributed by atoms with Gasteiger partial charge in [-0.2, -0.15) is 26.3 Å². The van der Waals surface area contributed by atoms with Crippen molar-refractivity contribution in [3.05, 3.63) is 130 Å². The molecule has 72 heavy (non-hydrogen) atoms. The van der Waals surface area contributed by atoms with Gasteiger partial charge in [-0.25, -0.2) is 9.97 Å². The summed E-state index contributed by atoms with van der Waals surface area (Å²) in [6.45, 7) is 3.17. The van der Waals surface area contributed by atoms with E-state index in [9.17, 15) is 40.7 Å². The fourth-order valence-electron chi connectivity index (χ4n) is 8.01. The van der Waals surface area contributed by atoms with Crippen molar-refractivity contribution in [2.45, 2.75) is 95.7 Å². The van der Waals surface area contributed by atoms with E-state index in [1.165, 1.54) is 0 Å². The molecule has 0 saturated heterocycles. The van der Waals surface area contributed by atoms with Gasteiger partial charge in [0.2, 0.25) is 0 Å². The Kier molecular flexibility index (Phi) is 14.2. The molecule has 3 aliphatic carbocycles. The van der Waals surface area contributed by atoms with Crippen LogP contribution in [0.15, 0.2) is 102 Å². The first-order valence-electron chi connectivity index (χ1n) is 23.6. The average molecular weight is 1060 g/mol. The molecule has 7 aromatic rings. The summed E-state index contributed by atoms with van der Waals surface area (Å²) in [6, 6.07) is 25.4. The predicted molar refractivity (Wildman–Crippen MR) is 266 cm³/mol. The number of nitrogens with zero attached hydrogens (tertiary/aromatic N) is 4. The molecule has 0 spiro atoms. The largest absolute Gasteiger partial charge is 0.457 e. The number of anilines is 2. The number of rotatable bonds is 16. The first-order valence-corrected chi connectivity index (χ1v) is 24.3. The predicted octanol–water partition coefficient (Wildman–Crippen LogP) is 11.6. The molecule has 0 bridgehead atoms. The van der Waals surface area contributed by atoms with Crippen molar-refractivity contribution in [1.82, 2.24) is 35.1 Å². The van der Waals surface area contributed by atoms with Crippen LogP contribution in [0, 0.1) is 13.8 Å². The molecule has 0 atom stereocenters. The van der Waals surface area contributed by atoms with E-state index in [-0.39, 0.29) is 48.9 Å². The van der Waals surface area contributed by atoms with Crippen LogP contribution < -0.4 is 31.3 Å². The van der Waals surface area contributed by atoms with E-state index in [4.69, 9.17) is 4.74 Å². The van der Waals surface area contributed by atoms with Crippen LogP contribution in [-0.4, -0.2) is 80.4 Å². The molecular weight excluding hydrogens is 1010 g/mol. The zero-order chi connectivity index (χ0) is 50.9. The smallest absolute Gasteiger partial charge is 0.390 e. The average Bonchev–Trinajstić information content (AvgIpc) is 4.27. The van der Waals surface area contributed by atoms with Gasteiger partial charge >= 0.3 is 12.4 Å². The number of hydrogen-bond acceptors (Lipinski definition) is 8. The topological polar surface area (TPSA) is 156 Å². The lowest BCUT2D eigenvalue weighted by molar-refractivity contribution is -0.132. The maximum atomic E-state index is 12.9. The van der Waals surface area contributed by atoms with Gasteiger partial charge in [0.1, 0.15) is 35.2 Å². The standard InChI is InChI=1S/C31H30F3N5O3.C21H20BrF3N4O/c1-18-13-22(9-10-25(18)30(41)38-21-7-8-21)39-17-36-28-26(35-12-11-31(32,33)34)15-24(16-27(28)39)42-23-4-2-3-19(14-23)29(40)37-20-5-6-20;1-12-8-15(4-5-16(12)20(30)28-14-2-3-14)29-11-27-19-17(9-13(22)10-18(19)29)26-7-6-21(23,24)25/h2-4,9-10,13-17,20-21,35H,5-8,11-12H2,1H3,(H,37,40)(H,38,41);4-5,8-11,14,26H,2-3,6-7H2,1H3,(H,28,30). The lowest BCUT2D eigenvalue weighted by Crippen LogP contribution is -2.26. The second-order valence-corrected chi connectivity index (χ2v) is 19.3. The zero-order valence-electron chi connectivity index (χ0n) is 39.1. The molecule has 10 rings (SSSR count). The molecule has 3 amide bonds. The van der Waals surface area contributed by atoms with E-state index in [1.807, 2.05) is 48.7 Å². The van der Waals surface area contributed by atoms with E-state index in [1.54, 1.807) is 71.8 Å². The van der Waals surface area contributed by atoms with Crippen molar-refractivity contribution in [2.24, 2.45) is 0 Å². The van der Waals surface area contributed by atoms with Crippen molar-refractivity contribution < 1.29 is 45.5 Å². The Morgan fingerprint density at radius 2 is 1.07 bits per heavy atom. The maximum absolute atomic E-state index is 12.9. The number of imidazole rings is 2. The number of aromatic nitrogens is 4. The van der Waals surface area contributed by atoms with Gasteiger partial charge < -0.3 is 31.3 Å². The quantitative estimate of drug-likeness (QED) is 0.0599. The fourth-order valence-corrected chi connectivity index (χ4v) is 8.46. The Balaban J connectivity index is 0.000000188. The highest BCUT2D eigenvalue weighted by molar-refractivity contribution is 9.10. The number of aryl methyl sites for hydroxylation is 2. The molecule has 5 aromatic carbocycles. The van der Waals surface area contributed by atoms with Crippen LogP contribution >= 0.6 is 15.9 Å². The Morgan fingerprint density at radius 3 is 1.54 bits per heavy atom. The van der Waals surface area contributed by atoms with Gasteiger partial charge in [-0.1, -0.05) is 22.0 Å². The maximum Gasteiger partial charge on any atom is 0.390 e. The molecule has 3 fully saturated rings. The van der Waals surface area contributed by atoms with E-state index >= 15 is 0 Å². The first kappa shape index (κ1) is 49.9. The first-order chi connectivity index (χ1) is 34.3. The third kappa shape index (κ3) is 12.7. The van der Waals surface area contributed by atoms with Crippen molar-refractivity contribution in [3.63, 3.8) is 0 Å². The van der Waals surface area contributed by atoms with Crippen LogP contribution in [-0.2, 0) is 0 Å². The Hall–Kier alpha value is -7.09. The van der Waals surface area contributed by atoms with E-state index in [0.717, 1.165) is 71.0 Å². The van der Waals surface area contributed by atoms with Gasteiger partial charge in [-0.15, -0.1) is 0 Å². The summed E-state index contributed by atoms with van der Waals surface area (Å²) in [7, 11) is 0. The lowest BCUT2D eigenvalue weighted by atomic mass is 10.1. The molecule has 20 heteroatoms. The molecule has 0 aliphatic heterocycles. The summed E-state index contributed by atoms with van der Waals surface area (Å²) >= 11 is 3.42. The van der Waals surface area contributed by atoms with Crippen molar-refractivity contribution in [2.75, 3.05) is 23.7 Å². The molecule has 2 aromatic heterocycles. The van der Waals surface area contributed by atoms with Crippen LogP contribution in [0.5, 0.6) is 11.5 Å². The minimum Gasteiger partial charge on any atom is -0.457 e. The Labute approximate surface area is 418 Å². The van der Waals surface area contributed by atoms with Crippen LogP contribution in [0.4, 0.5) is 37.7 Å². The third-order valence-electron chi connectivity index (χ3n) is 12.2. The van der Waals surface area contributed by atoms with Gasteiger partial charge in [-0.3, -0.25) is 23.5 Å². The van der Waals surface area contributed by atoms with Crippen molar-refractivity contribution in [1.29, 1.82) is 0 Å². The second-order valence-electron chi connectivity index (χ2n) is 18.3. The monoisotopic (exact) mass is 1060 g/mol. The Morgan fingerprint density at radius 1 is 0.597 bits per heavy atom. The number of ether oxygens (including phenoxy) is 1. The van der Waals surface area contributed by atoms with Crippen LogP contribution in [0.25, 0.3) is 33.4 Å². The van der Waals surface area contributed by atoms with E-state index in [2.05, 4.69) is 52.5 Å². The molecule has 0 radical (unpaired) electrons. The SMILES string of the molecule is Cc1cc(-n2cnc3c(NCCC(F)(F)F)cc(Br)cc32)ccc1C(=O)NC1CC1.Cc1cc(-n2cnc3c(NCCC(F)(F)F)cc(Oc4cccc(C(=O)NC5CC5)c4)cc32)ccc1C(=O)NC1CC1. The normalized spacial score (nSPS) is 14.6. The number of hydrogen-bond donors (Lipinski definition) is 5. The van der Waals surface area contributed by atoms with Gasteiger partial charge in [0.15, 0.2) is 0 Å². The second kappa shape index (κ2) is 20.6. The summed E-state index contributed by atoms with van der Waals surface area (Å²) < 4.78 is 86.7. The number of fused-ring (bicyclic) bond motifs is 2. The van der Waals surface area contributed by atoms with Gasteiger partial charge in [0.25, 0.3) is 17.7 Å². The molecular formula is C52H50BrF6N9O4. The minimum absolute atomic E-state index is 0.0732. The minimum atomic E-state index is -4.31. The van der Waals surface area contributed by atoms with E-state index in [0.29, 0.717) is 56.1 Å². The van der Waals surface area contributed by atoms with E-state index < -0.39 is 25.2 Å². The van der Waals surface area contributed by atoms with Crippen LogP contribution in [0.2, 0.25) is 0 Å². The molecule has 376 valence electrons. The molecule has 3 saturated carbocycles. The number of alkyl halides is 6. The van der Waals surface area contributed by atoms with Crippen molar-refractivity contribution >= 4 is 67.1 Å². The number of benzene rings is 5. The third-order valence-corrected chi connectivity index (χ3v) is 12.7. The molecule has 5 N–H and O–H groups in total. The summed E-state index contributed by atoms with van der Waals surface area (Å²) in [5.41, 5.74) is 8.13. The molecule has 0 unspecified atom stereocenters. The van der Waals surface area contributed by atoms with Gasteiger partial charge in [-0.05, 0) is 130 Å². The molecule has 2 heterocycles. The summed E-state index contributed by atoms with van der Waals surface area (Å²) in [4.78, 5) is 46.4.